The molecule has 0 aromatic heterocycles. The van der Waals surface area contributed by atoms with Crippen LogP contribution in [-0.2, 0) is 19.6 Å². The molecule has 0 aliphatic carbocycles. The molecule has 3 rings (SSSR count). The highest BCUT2D eigenvalue weighted by Gasteiger charge is 2.25. The Labute approximate surface area is 164 Å². The second-order valence-corrected chi connectivity index (χ2v) is 8.08. The zero-order chi connectivity index (χ0) is 20.0. The van der Waals surface area contributed by atoms with Gasteiger partial charge in [0.2, 0.25) is 15.9 Å². The van der Waals surface area contributed by atoms with E-state index in [0.29, 0.717) is 37.7 Å². The highest BCUT2D eigenvalue weighted by molar-refractivity contribution is 7.89. The Hall–Kier alpha value is -2.68. The Bertz CT molecular complexity index is 949. The zero-order valence-corrected chi connectivity index (χ0v) is 16.3. The molecule has 0 atom stereocenters. The van der Waals surface area contributed by atoms with Gasteiger partial charge in [-0.15, -0.1) is 0 Å². The monoisotopic (exact) mass is 402 g/mol. The van der Waals surface area contributed by atoms with Crippen molar-refractivity contribution in [1.29, 1.82) is 0 Å². The molecule has 0 unspecified atom stereocenters. The molecule has 1 aliphatic rings. The number of carbonyl (C=O) groups is 1. The molecular weight excluding hydrogens is 380 g/mol. The van der Waals surface area contributed by atoms with Crippen LogP contribution in [0.1, 0.15) is 5.56 Å². The smallest absolute Gasteiger partial charge is 0.248 e. The SMILES string of the molecule is COc1cccc(NC(=O)/C=C\c2ccc(S(=O)(=O)N3CCOCC3)cc2)c1. The first-order chi connectivity index (χ1) is 13.5. The molecule has 1 N–H and O–H groups in total. The Morgan fingerprint density at radius 1 is 1.14 bits per heavy atom. The molecule has 2 aromatic rings. The fourth-order valence-corrected chi connectivity index (χ4v) is 4.15. The minimum atomic E-state index is -3.52. The number of amides is 1. The lowest BCUT2D eigenvalue weighted by Gasteiger charge is -2.26. The van der Waals surface area contributed by atoms with Gasteiger partial charge in [-0.25, -0.2) is 8.42 Å². The quantitative estimate of drug-likeness (QED) is 0.750. The van der Waals surface area contributed by atoms with E-state index in [0.717, 1.165) is 5.56 Å². The van der Waals surface area contributed by atoms with Gasteiger partial charge in [0.1, 0.15) is 5.75 Å². The van der Waals surface area contributed by atoms with Crippen LogP contribution in [0.5, 0.6) is 5.75 Å². The third-order valence-corrected chi connectivity index (χ3v) is 6.17. The number of nitrogens with one attached hydrogen (secondary N) is 1. The summed E-state index contributed by atoms with van der Waals surface area (Å²) in [4.78, 5) is 12.3. The van der Waals surface area contributed by atoms with E-state index in [1.54, 1.807) is 61.7 Å². The normalized spacial score (nSPS) is 15.5. The standard InChI is InChI=1S/C20H22N2O5S/c1-26-18-4-2-3-17(15-18)21-20(23)10-7-16-5-8-19(9-6-16)28(24,25)22-11-13-27-14-12-22/h2-10,15H,11-14H2,1H3,(H,21,23)/b10-7-. The summed E-state index contributed by atoms with van der Waals surface area (Å²) in [6, 6.07) is 13.5. The second kappa shape index (κ2) is 9.01. The summed E-state index contributed by atoms with van der Waals surface area (Å²) in [6.45, 7) is 1.52. The fourth-order valence-electron chi connectivity index (χ4n) is 2.74. The summed E-state index contributed by atoms with van der Waals surface area (Å²) in [5.74, 6) is 0.358. The maximum atomic E-state index is 12.6. The molecular formula is C20H22N2O5S. The minimum Gasteiger partial charge on any atom is -0.497 e. The number of methoxy groups -OCH3 is 1. The number of rotatable bonds is 6. The number of carbonyl (C=O) groups excluding carboxylic acids is 1. The summed E-state index contributed by atoms with van der Waals surface area (Å²) in [6.07, 6.45) is 3.02. The number of sulfonamides is 1. The van der Waals surface area contributed by atoms with Crippen LogP contribution in [0.4, 0.5) is 5.69 Å². The average Bonchev–Trinajstić information content (AvgIpc) is 2.73. The third-order valence-electron chi connectivity index (χ3n) is 4.25. The summed E-state index contributed by atoms with van der Waals surface area (Å²) in [7, 11) is -1.96. The molecule has 0 saturated carbocycles. The predicted octanol–water partition coefficient (Wildman–Crippen LogP) is 2.37. The van der Waals surface area contributed by atoms with Crippen molar-refractivity contribution in [2.24, 2.45) is 0 Å². The second-order valence-electron chi connectivity index (χ2n) is 6.14. The topological polar surface area (TPSA) is 84.9 Å². The molecule has 0 spiro atoms. The molecule has 148 valence electrons. The lowest BCUT2D eigenvalue weighted by molar-refractivity contribution is -0.111. The van der Waals surface area contributed by atoms with Crippen molar-refractivity contribution in [2.45, 2.75) is 4.90 Å². The van der Waals surface area contributed by atoms with Crippen LogP contribution in [0.3, 0.4) is 0 Å². The maximum absolute atomic E-state index is 12.6. The number of ether oxygens (including phenoxy) is 2. The summed E-state index contributed by atoms with van der Waals surface area (Å²) in [5, 5.41) is 2.75. The van der Waals surface area contributed by atoms with Crippen molar-refractivity contribution >= 4 is 27.7 Å². The van der Waals surface area contributed by atoms with Crippen molar-refractivity contribution < 1.29 is 22.7 Å². The summed E-state index contributed by atoms with van der Waals surface area (Å²) >= 11 is 0. The Morgan fingerprint density at radius 2 is 1.86 bits per heavy atom. The van der Waals surface area contributed by atoms with E-state index in [-0.39, 0.29) is 10.8 Å². The number of morpholine rings is 1. The summed E-state index contributed by atoms with van der Waals surface area (Å²) in [5.41, 5.74) is 1.35. The number of hydrogen-bond donors (Lipinski definition) is 1. The van der Waals surface area contributed by atoms with Crippen molar-refractivity contribution in [3.8, 4) is 5.75 Å². The molecule has 8 heteroatoms. The van der Waals surface area contributed by atoms with Gasteiger partial charge in [0, 0.05) is 30.9 Å². The van der Waals surface area contributed by atoms with Crippen LogP contribution in [0.2, 0.25) is 0 Å². The van der Waals surface area contributed by atoms with Crippen LogP contribution in [-0.4, -0.2) is 52.0 Å². The van der Waals surface area contributed by atoms with E-state index in [9.17, 15) is 13.2 Å². The molecule has 1 heterocycles. The van der Waals surface area contributed by atoms with Gasteiger partial charge in [-0.3, -0.25) is 4.79 Å². The van der Waals surface area contributed by atoms with Gasteiger partial charge in [0.15, 0.2) is 0 Å². The highest BCUT2D eigenvalue weighted by Crippen LogP contribution is 2.19. The highest BCUT2D eigenvalue weighted by atomic mass is 32.2. The Kier molecular flexibility index (Phi) is 6.45. The van der Waals surface area contributed by atoms with E-state index in [1.165, 1.54) is 10.4 Å². The van der Waals surface area contributed by atoms with Crippen LogP contribution >= 0.6 is 0 Å². The van der Waals surface area contributed by atoms with Gasteiger partial charge in [0.05, 0.1) is 25.2 Å². The van der Waals surface area contributed by atoms with E-state index >= 15 is 0 Å². The molecule has 0 radical (unpaired) electrons. The molecule has 28 heavy (non-hydrogen) atoms. The van der Waals surface area contributed by atoms with Gasteiger partial charge in [0.25, 0.3) is 0 Å². The minimum absolute atomic E-state index is 0.229. The van der Waals surface area contributed by atoms with Crippen molar-refractivity contribution in [1.82, 2.24) is 4.31 Å². The molecule has 1 aliphatic heterocycles. The van der Waals surface area contributed by atoms with Gasteiger partial charge >= 0.3 is 0 Å². The number of nitrogens with zero attached hydrogens (tertiary/aromatic N) is 1. The number of hydrogen-bond acceptors (Lipinski definition) is 5. The van der Waals surface area contributed by atoms with Crippen LogP contribution in [0, 0.1) is 0 Å². The van der Waals surface area contributed by atoms with Crippen LogP contribution in [0.25, 0.3) is 6.08 Å². The first-order valence-electron chi connectivity index (χ1n) is 8.80. The van der Waals surface area contributed by atoms with Gasteiger partial charge in [-0.2, -0.15) is 4.31 Å². The van der Waals surface area contributed by atoms with Crippen LogP contribution in [0.15, 0.2) is 59.5 Å². The Morgan fingerprint density at radius 3 is 2.54 bits per heavy atom. The third kappa shape index (κ3) is 4.98. The molecule has 1 fully saturated rings. The average molecular weight is 402 g/mol. The first kappa shape index (κ1) is 20.1. The molecule has 1 saturated heterocycles. The predicted molar refractivity (Wildman–Crippen MR) is 107 cm³/mol. The van der Waals surface area contributed by atoms with E-state index in [1.807, 2.05) is 0 Å². The Balaban J connectivity index is 1.63. The maximum Gasteiger partial charge on any atom is 0.248 e. The van der Waals surface area contributed by atoms with Gasteiger partial charge < -0.3 is 14.8 Å². The van der Waals surface area contributed by atoms with E-state index < -0.39 is 10.0 Å². The molecule has 7 nitrogen and oxygen atoms in total. The number of anilines is 1. The fraction of sp³-hybridized carbons (Fsp3) is 0.250. The number of benzene rings is 2. The van der Waals surface area contributed by atoms with Crippen LogP contribution < -0.4 is 10.1 Å². The van der Waals surface area contributed by atoms with E-state index in [4.69, 9.17) is 9.47 Å². The lowest BCUT2D eigenvalue weighted by atomic mass is 10.2. The van der Waals surface area contributed by atoms with Crippen molar-refractivity contribution in [3.05, 3.63) is 60.2 Å². The molecule has 1 amide bonds. The largest absolute Gasteiger partial charge is 0.497 e. The van der Waals surface area contributed by atoms with E-state index in [2.05, 4.69) is 5.32 Å². The van der Waals surface area contributed by atoms with Gasteiger partial charge in [-0.1, -0.05) is 18.2 Å². The van der Waals surface area contributed by atoms with Crippen molar-refractivity contribution in [3.63, 3.8) is 0 Å². The van der Waals surface area contributed by atoms with Gasteiger partial charge in [-0.05, 0) is 35.9 Å². The van der Waals surface area contributed by atoms with Crippen molar-refractivity contribution in [2.75, 3.05) is 38.7 Å². The zero-order valence-electron chi connectivity index (χ0n) is 15.5. The first-order valence-corrected chi connectivity index (χ1v) is 10.2. The summed E-state index contributed by atoms with van der Waals surface area (Å²) < 4.78 is 36.9. The molecule has 2 aromatic carbocycles. The lowest BCUT2D eigenvalue weighted by Crippen LogP contribution is -2.40. The molecule has 0 bridgehead atoms.